The van der Waals surface area contributed by atoms with E-state index >= 15 is 0 Å². The smallest absolute Gasteiger partial charge is 0.422 e. The van der Waals surface area contributed by atoms with Gasteiger partial charge in [0.05, 0.1) is 0 Å². The minimum Gasteiger partial charge on any atom is -0.484 e. The van der Waals surface area contributed by atoms with Crippen molar-refractivity contribution in [1.82, 2.24) is 5.32 Å². The Bertz CT molecular complexity index is 715. The van der Waals surface area contributed by atoms with Gasteiger partial charge in [0.1, 0.15) is 11.5 Å². The molecule has 4 nitrogen and oxygen atoms in total. The van der Waals surface area contributed by atoms with Gasteiger partial charge in [-0.2, -0.15) is 22.0 Å². The standard InChI is InChI=1S/C17H14F5NO3/c18-16(19)26-14-7-3-12(4-8-14)15(24)23-9-11-1-5-13(6-2-11)25-10-17(20,21)22/h1-8,16H,9-10H2,(H,23,24). The molecular formula is C17H14F5NO3. The molecule has 1 N–H and O–H groups in total. The zero-order valence-electron chi connectivity index (χ0n) is 13.2. The Morgan fingerprint density at radius 2 is 1.54 bits per heavy atom. The fourth-order valence-electron chi connectivity index (χ4n) is 1.94. The molecule has 0 heterocycles. The number of benzene rings is 2. The molecule has 2 rings (SSSR count). The summed E-state index contributed by atoms with van der Waals surface area (Å²) in [6, 6.07) is 10.9. The maximum atomic E-state index is 12.1. The lowest BCUT2D eigenvalue weighted by Gasteiger charge is -2.10. The van der Waals surface area contributed by atoms with Crippen LogP contribution in [0.15, 0.2) is 48.5 Å². The number of carbonyl (C=O) groups is 1. The van der Waals surface area contributed by atoms with E-state index in [2.05, 4.69) is 14.8 Å². The lowest BCUT2D eigenvalue weighted by Crippen LogP contribution is -2.22. The Hall–Kier alpha value is -2.84. The number of alkyl halides is 5. The van der Waals surface area contributed by atoms with E-state index in [1.54, 1.807) is 0 Å². The number of amides is 1. The summed E-state index contributed by atoms with van der Waals surface area (Å²) in [6.45, 7) is -4.19. The van der Waals surface area contributed by atoms with Crippen molar-refractivity contribution < 1.29 is 36.2 Å². The zero-order valence-corrected chi connectivity index (χ0v) is 13.2. The summed E-state index contributed by atoms with van der Waals surface area (Å²) in [5, 5.41) is 2.60. The number of carbonyl (C=O) groups excluding carboxylic acids is 1. The van der Waals surface area contributed by atoms with Crippen LogP contribution in [0.2, 0.25) is 0 Å². The second-order valence-electron chi connectivity index (χ2n) is 5.13. The van der Waals surface area contributed by atoms with Gasteiger partial charge in [-0.3, -0.25) is 4.79 Å². The van der Waals surface area contributed by atoms with Crippen LogP contribution in [-0.2, 0) is 6.54 Å². The van der Waals surface area contributed by atoms with Gasteiger partial charge in [-0.05, 0) is 42.0 Å². The third-order valence-electron chi connectivity index (χ3n) is 3.12. The van der Waals surface area contributed by atoms with E-state index in [1.165, 1.54) is 48.5 Å². The van der Waals surface area contributed by atoms with Crippen molar-refractivity contribution in [2.75, 3.05) is 6.61 Å². The van der Waals surface area contributed by atoms with Gasteiger partial charge in [0.2, 0.25) is 0 Å². The summed E-state index contributed by atoms with van der Waals surface area (Å²) in [7, 11) is 0. The van der Waals surface area contributed by atoms with E-state index in [1.807, 2.05) is 0 Å². The van der Waals surface area contributed by atoms with E-state index in [-0.39, 0.29) is 23.6 Å². The fourth-order valence-corrected chi connectivity index (χ4v) is 1.94. The van der Waals surface area contributed by atoms with Crippen molar-refractivity contribution in [1.29, 1.82) is 0 Å². The van der Waals surface area contributed by atoms with Crippen LogP contribution in [0, 0.1) is 0 Å². The minimum absolute atomic E-state index is 0.0621. The van der Waals surface area contributed by atoms with Crippen molar-refractivity contribution in [3.8, 4) is 11.5 Å². The SMILES string of the molecule is O=C(NCc1ccc(OCC(F)(F)F)cc1)c1ccc(OC(F)F)cc1. The first kappa shape index (κ1) is 19.5. The van der Waals surface area contributed by atoms with Gasteiger partial charge in [0.25, 0.3) is 5.91 Å². The molecule has 140 valence electrons. The molecule has 9 heteroatoms. The number of rotatable bonds is 7. The van der Waals surface area contributed by atoms with Gasteiger partial charge in [-0.1, -0.05) is 12.1 Å². The quantitative estimate of drug-likeness (QED) is 0.740. The number of nitrogens with one attached hydrogen (secondary N) is 1. The predicted octanol–water partition coefficient (Wildman–Crippen LogP) is 4.16. The minimum atomic E-state index is -4.41. The number of hydrogen-bond donors (Lipinski definition) is 1. The molecule has 0 aliphatic carbocycles. The van der Waals surface area contributed by atoms with Gasteiger partial charge < -0.3 is 14.8 Å². The van der Waals surface area contributed by atoms with Gasteiger partial charge in [-0.15, -0.1) is 0 Å². The number of hydrogen-bond acceptors (Lipinski definition) is 3. The third-order valence-corrected chi connectivity index (χ3v) is 3.12. The molecule has 2 aromatic carbocycles. The molecule has 1 amide bonds. The van der Waals surface area contributed by atoms with Crippen molar-refractivity contribution in [2.24, 2.45) is 0 Å². The highest BCUT2D eigenvalue weighted by Crippen LogP contribution is 2.19. The van der Waals surface area contributed by atoms with Crippen LogP contribution in [0.3, 0.4) is 0 Å². The summed E-state index contributed by atoms with van der Waals surface area (Å²) < 4.78 is 69.1. The summed E-state index contributed by atoms with van der Waals surface area (Å²) >= 11 is 0. The van der Waals surface area contributed by atoms with Crippen molar-refractivity contribution in [3.05, 3.63) is 59.7 Å². The first-order valence-electron chi connectivity index (χ1n) is 7.34. The van der Waals surface area contributed by atoms with Crippen molar-refractivity contribution in [3.63, 3.8) is 0 Å². The van der Waals surface area contributed by atoms with Crippen LogP contribution in [-0.4, -0.2) is 25.3 Å². The molecule has 0 radical (unpaired) electrons. The topological polar surface area (TPSA) is 47.6 Å². The first-order chi connectivity index (χ1) is 12.2. The summed E-state index contributed by atoms with van der Waals surface area (Å²) in [4.78, 5) is 12.0. The fraction of sp³-hybridized carbons (Fsp3) is 0.235. The summed E-state index contributed by atoms with van der Waals surface area (Å²) in [5.74, 6) is -0.441. The molecule has 0 atom stereocenters. The van der Waals surface area contributed by atoms with E-state index in [0.717, 1.165) is 0 Å². The second-order valence-corrected chi connectivity index (χ2v) is 5.13. The van der Waals surface area contributed by atoms with E-state index in [0.29, 0.717) is 5.56 Å². The van der Waals surface area contributed by atoms with Crippen LogP contribution in [0.25, 0.3) is 0 Å². The lowest BCUT2D eigenvalue weighted by molar-refractivity contribution is -0.153. The molecule has 2 aromatic rings. The van der Waals surface area contributed by atoms with Crippen molar-refractivity contribution in [2.45, 2.75) is 19.3 Å². The van der Waals surface area contributed by atoms with Crippen molar-refractivity contribution >= 4 is 5.91 Å². The largest absolute Gasteiger partial charge is 0.484 e. The Balaban J connectivity index is 1.85. The highest BCUT2D eigenvalue weighted by Gasteiger charge is 2.28. The van der Waals surface area contributed by atoms with Gasteiger partial charge in [0, 0.05) is 12.1 Å². The second kappa shape index (κ2) is 8.50. The summed E-state index contributed by atoms with van der Waals surface area (Å²) in [6.07, 6.45) is -4.41. The highest BCUT2D eigenvalue weighted by molar-refractivity contribution is 5.94. The van der Waals surface area contributed by atoms with E-state index in [9.17, 15) is 26.7 Å². The molecule has 0 aromatic heterocycles. The zero-order chi connectivity index (χ0) is 19.2. The van der Waals surface area contributed by atoms with E-state index in [4.69, 9.17) is 0 Å². The molecule has 0 aliphatic heterocycles. The van der Waals surface area contributed by atoms with Crippen LogP contribution >= 0.6 is 0 Å². The Kier molecular flexibility index (Phi) is 6.37. The Labute approximate surface area is 145 Å². The van der Waals surface area contributed by atoms with Gasteiger partial charge >= 0.3 is 12.8 Å². The maximum Gasteiger partial charge on any atom is 0.422 e. The molecule has 0 spiro atoms. The monoisotopic (exact) mass is 375 g/mol. The molecule has 26 heavy (non-hydrogen) atoms. The van der Waals surface area contributed by atoms with Crippen LogP contribution < -0.4 is 14.8 Å². The lowest BCUT2D eigenvalue weighted by atomic mass is 10.2. The highest BCUT2D eigenvalue weighted by atomic mass is 19.4. The number of ether oxygens (including phenoxy) is 2. The molecule has 0 bridgehead atoms. The van der Waals surface area contributed by atoms with Crippen LogP contribution in [0.5, 0.6) is 11.5 Å². The molecule has 0 aliphatic rings. The molecule has 0 unspecified atom stereocenters. The van der Waals surface area contributed by atoms with E-state index < -0.39 is 25.3 Å². The molecule has 0 saturated heterocycles. The number of halogens is 5. The summed E-state index contributed by atoms with van der Waals surface area (Å²) in [5.41, 5.74) is 0.895. The molecule has 0 fully saturated rings. The average Bonchev–Trinajstić information content (AvgIpc) is 2.58. The molecular weight excluding hydrogens is 361 g/mol. The third kappa shape index (κ3) is 6.58. The first-order valence-corrected chi connectivity index (χ1v) is 7.34. The normalized spacial score (nSPS) is 11.3. The maximum absolute atomic E-state index is 12.1. The average molecular weight is 375 g/mol. The van der Waals surface area contributed by atoms with Gasteiger partial charge in [0.15, 0.2) is 6.61 Å². The van der Waals surface area contributed by atoms with Crippen LogP contribution in [0.4, 0.5) is 22.0 Å². The van der Waals surface area contributed by atoms with Gasteiger partial charge in [-0.25, -0.2) is 0 Å². The predicted molar refractivity (Wildman–Crippen MR) is 82.2 cm³/mol. The Morgan fingerprint density at radius 3 is 2.08 bits per heavy atom. The Morgan fingerprint density at radius 1 is 0.962 bits per heavy atom. The van der Waals surface area contributed by atoms with Crippen LogP contribution in [0.1, 0.15) is 15.9 Å². The molecule has 0 saturated carbocycles.